The second-order valence-corrected chi connectivity index (χ2v) is 7.07. The molecule has 0 unspecified atom stereocenters. The minimum atomic E-state index is -0.169. The van der Waals surface area contributed by atoms with Gasteiger partial charge in [-0.1, -0.05) is 60.4 Å². The maximum absolute atomic E-state index is 11.7. The Morgan fingerprint density at radius 1 is 1.16 bits per heavy atom. The molecule has 1 N–H and O–H groups in total. The molecule has 25 heavy (non-hydrogen) atoms. The van der Waals surface area contributed by atoms with Gasteiger partial charge in [-0.2, -0.15) is 0 Å². The Balaban J connectivity index is 1.68. The molecule has 0 radical (unpaired) electrons. The van der Waals surface area contributed by atoms with Gasteiger partial charge in [-0.3, -0.25) is 4.79 Å². The number of carbonyl (C=O) groups is 1. The van der Waals surface area contributed by atoms with Crippen molar-refractivity contribution >= 4 is 40.3 Å². The predicted molar refractivity (Wildman–Crippen MR) is 105 cm³/mol. The van der Waals surface area contributed by atoms with Crippen molar-refractivity contribution in [2.24, 2.45) is 0 Å². The van der Waals surface area contributed by atoms with Crippen LogP contribution in [-0.2, 0) is 11.2 Å². The van der Waals surface area contributed by atoms with Gasteiger partial charge in [0.05, 0.1) is 18.6 Å². The minimum absolute atomic E-state index is 0.169. The lowest BCUT2D eigenvalue weighted by atomic mass is 10.1. The topological polar surface area (TPSA) is 47.6 Å². The van der Waals surface area contributed by atoms with E-state index in [4.69, 9.17) is 21.7 Å². The number of benzene rings is 2. The van der Waals surface area contributed by atoms with Crippen molar-refractivity contribution < 1.29 is 14.3 Å². The Morgan fingerprint density at radius 2 is 1.96 bits per heavy atom. The Hall–Kier alpha value is -2.31. The molecule has 0 atom stereocenters. The maximum Gasteiger partial charge on any atom is 0.263 e. The van der Waals surface area contributed by atoms with Gasteiger partial charge >= 0.3 is 0 Å². The fraction of sp³-hybridized carbons (Fsp3) is 0.158. The van der Waals surface area contributed by atoms with Gasteiger partial charge in [0.2, 0.25) is 0 Å². The summed E-state index contributed by atoms with van der Waals surface area (Å²) in [4.78, 5) is 12.3. The van der Waals surface area contributed by atoms with Crippen LogP contribution in [0.4, 0.5) is 0 Å². The van der Waals surface area contributed by atoms with Crippen LogP contribution in [0.25, 0.3) is 6.08 Å². The monoisotopic (exact) mass is 371 g/mol. The van der Waals surface area contributed by atoms with Crippen LogP contribution in [-0.4, -0.2) is 23.9 Å². The van der Waals surface area contributed by atoms with E-state index < -0.39 is 0 Å². The molecule has 2 aromatic carbocycles. The highest BCUT2D eigenvalue weighted by molar-refractivity contribution is 8.26. The first-order chi connectivity index (χ1) is 12.2. The van der Waals surface area contributed by atoms with Crippen LogP contribution in [0.1, 0.15) is 11.1 Å². The summed E-state index contributed by atoms with van der Waals surface area (Å²) < 4.78 is 11.7. The van der Waals surface area contributed by atoms with Crippen LogP contribution >= 0.6 is 24.0 Å². The van der Waals surface area contributed by atoms with Crippen molar-refractivity contribution in [2.75, 3.05) is 13.7 Å². The molecule has 1 fully saturated rings. The van der Waals surface area contributed by atoms with Crippen molar-refractivity contribution in [3.05, 3.63) is 64.6 Å². The summed E-state index contributed by atoms with van der Waals surface area (Å²) in [5.74, 6) is 1.14. The quantitative estimate of drug-likeness (QED) is 0.618. The molecule has 3 rings (SSSR count). The molecule has 1 amide bonds. The zero-order chi connectivity index (χ0) is 17.6. The summed E-state index contributed by atoms with van der Waals surface area (Å²) in [5, 5.41) is 2.60. The van der Waals surface area contributed by atoms with Gasteiger partial charge in [-0.05, 0) is 29.3 Å². The number of amides is 1. The number of hydrogen-bond acceptors (Lipinski definition) is 5. The van der Waals surface area contributed by atoms with Crippen molar-refractivity contribution in [3.63, 3.8) is 0 Å². The van der Waals surface area contributed by atoms with E-state index in [9.17, 15) is 4.79 Å². The summed E-state index contributed by atoms with van der Waals surface area (Å²) >= 11 is 6.25. The van der Waals surface area contributed by atoms with E-state index in [1.807, 2.05) is 36.4 Å². The highest BCUT2D eigenvalue weighted by atomic mass is 32.2. The average molecular weight is 371 g/mol. The maximum atomic E-state index is 11.7. The van der Waals surface area contributed by atoms with E-state index in [1.165, 1.54) is 17.3 Å². The van der Waals surface area contributed by atoms with Crippen LogP contribution < -0.4 is 14.8 Å². The molecule has 1 heterocycles. The normalized spacial score (nSPS) is 15.3. The zero-order valence-corrected chi connectivity index (χ0v) is 15.3. The first-order valence-electron chi connectivity index (χ1n) is 7.75. The second kappa shape index (κ2) is 8.18. The Morgan fingerprint density at radius 3 is 2.64 bits per heavy atom. The summed E-state index contributed by atoms with van der Waals surface area (Å²) in [6.45, 7) is 0.563. The summed E-state index contributed by atoms with van der Waals surface area (Å²) in [6.07, 6.45) is 2.61. The molecule has 4 nitrogen and oxygen atoms in total. The lowest BCUT2D eigenvalue weighted by molar-refractivity contribution is -0.115. The molecular weight excluding hydrogens is 354 g/mol. The summed E-state index contributed by atoms with van der Waals surface area (Å²) in [7, 11) is 1.60. The van der Waals surface area contributed by atoms with Crippen molar-refractivity contribution in [1.82, 2.24) is 5.32 Å². The molecule has 128 valence electrons. The van der Waals surface area contributed by atoms with E-state index in [-0.39, 0.29) is 5.91 Å². The Kier molecular flexibility index (Phi) is 5.73. The van der Waals surface area contributed by atoms with Gasteiger partial charge in [-0.25, -0.2) is 0 Å². The number of carbonyl (C=O) groups excluding carboxylic acids is 1. The van der Waals surface area contributed by atoms with Gasteiger partial charge in [0, 0.05) is 6.42 Å². The standard InChI is InChI=1S/C19H17NO3S2/c1-22-16-11-14(12-17-18(21)20-19(24)25-17)7-8-15(16)23-10-9-13-5-3-2-4-6-13/h2-8,11-12H,9-10H2,1H3,(H,20,21,24)/b17-12+. The molecule has 1 aliphatic heterocycles. The lowest BCUT2D eigenvalue weighted by Gasteiger charge is -2.11. The molecule has 6 heteroatoms. The van der Waals surface area contributed by atoms with Crippen LogP contribution in [0, 0.1) is 0 Å². The van der Waals surface area contributed by atoms with Crippen LogP contribution in [0.5, 0.6) is 11.5 Å². The fourth-order valence-corrected chi connectivity index (χ4v) is 3.43. The molecule has 1 saturated heterocycles. The predicted octanol–water partition coefficient (Wildman–Crippen LogP) is 3.81. The van der Waals surface area contributed by atoms with E-state index in [1.54, 1.807) is 13.2 Å². The molecule has 2 aromatic rings. The first-order valence-corrected chi connectivity index (χ1v) is 8.98. The van der Waals surface area contributed by atoms with Gasteiger partial charge < -0.3 is 14.8 Å². The lowest BCUT2D eigenvalue weighted by Crippen LogP contribution is -2.17. The van der Waals surface area contributed by atoms with Crippen molar-refractivity contribution in [2.45, 2.75) is 6.42 Å². The van der Waals surface area contributed by atoms with E-state index in [2.05, 4.69) is 17.4 Å². The van der Waals surface area contributed by atoms with Crippen molar-refractivity contribution in [1.29, 1.82) is 0 Å². The fourth-order valence-electron chi connectivity index (χ4n) is 2.39. The number of rotatable bonds is 6. The average Bonchev–Trinajstić information content (AvgIpc) is 2.94. The highest BCUT2D eigenvalue weighted by Crippen LogP contribution is 2.31. The molecule has 0 bridgehead atoms. The van der Waals surface area contributed by atoms with Gasteiger partial charge in [0.15, 0.2) is 11.5 Å². The third kappa shape index (κ3) is 4.61. The van der Waals surface area contributed by atoms with E-state index in [0.717, 1.165) is 12.0 Å². The summed E-state index contributed by atoms with van der Waals surface area (Å²) in [6, 6.07) is 15.8. The number of ether oxygens (including phenoxy) is 2. The number of thioether (sulfide) groups is 1. The molecule has 0 aromatic heterocycles. The highest BCUT2D eigenvalue weighted by Gasteiger charge is 2.22. The van der Waals surface area contributed by atoms with Crippen LogP contribution in [0.15, 0.2) is 53.4 Å². The zero-order valence-electron chi connectivity index (χ0n) is 13.7. The summed E-state index contributed by atoms with van der Waals surface area (Å²) in [5.41, 5.74) is 2.08. The number of hydrogen-bond donors (Lipinski definition) is 1. The Bertz CT molecular complexity index is 819. The number of nitrogens with one attached hydrogen (secondary N) is 1. The van der Waals surface area contributed by atoms with Crippen LogP contribution in [0.3, 0.4) is 0 Å². The van der Waals surface area contributed by atoms with Gasteiger partial charge in [0.1, 0.15) is 4.32 Å². The molecule has 0 spiro atoms. The Labute approximate surface area is 156 Å². The van der Waals surface area contributed by atoms with Crippen molar-refractivity contribution in [3.8, 4) is 11.5 Å². The smallest absolute Gasteiger partial charge is 0.263 e. The molecular formula is C19H17NO3S2. The third-order valence-corrected chi connectivity index (χ3v) is 4.78. The SMILES string of the molecule is COc1cc(/C=C2/SC(=S)NC2=O)ccc1OCCc1ccccc1. The molecule has 1 aliphatic rings. The third-order valence-electron chi connectivity index (χ3n) is 3.62. The van der Waals surface area contributed by atoms with Crippen LogP contribution in [0.2, 0.25) is 0 Å². The second-order valence-electron chi connectivity index (χ2n) is 5.35. The van der Waals surface area contributed by atoms with E-state index >= 15 is 0 Å². The molecule has 0 aliphatic carbocycles. The van der Waals surface area contributed by atoms with Gasteiger partial charge in [0.25, 0.3) is 5.91 Å². The van der Waals surface area contributed by atoms with E-state index in [0.29, 0.717) is 27.3 Å². The number of methoxy groups -OCH3 is 1. The first kappa shape index (κ1) is 17.5. The minimum Gasteiger partial charge on any atom is -0.493 e. The largest absolute Gasteiger partial charge is 0.493 e. The van der Waals surface area contributed by atoms with Gasteiger partial charge in [-0.15, -0.1) is 0 Å². The number of thiocarbonyl (C=S) groups is 1. The molecule has 0 saturated carbocycles.